The van der Waals surface area contributed by atoms with Crippen LogP contribution in [-0.4, -0.2) is 23.2 Å². The molecule has 0 saturated heterocycles. The molecule has 2 aromatic rings. The van der Waals surface area contributed by atoms with Crippen LogP contribution >= 0.6 is 0 Å². The summed E-state index contributed by atoms with van der Waals surface area (Å²) in [4.78, 5) is 12.0. The van der Waals surface area contributed by atoms with Crippen LogP contribution in [0.5, 0.6) is 5.75 Å². The van der Waals surface area contributed by atoms with Crippen LogP contribution in [0.2, 0.25) is 0 Å². The van der Waals surface area contributed by atoms with Gasteiger partial charge in [-0.1, -0.05) is 12.1 Å². The van der Waals surface area contributed by atoms with Gasteiger partial charge in [0.2, 0.25) is 11.6 Å². The molecule has 7 nitrogen and oxygen atoms in total. The third-order valence-electron chi connectivity index (χ3n) is 3.63. The van der Waals surface area contributed by atoms with Crippen molar-refractivity contribution in [3.8, 4) is 5.75 Å². The van der Waals surface area contributed by atoms with Crippen LogP contribution in [0.1, 0.15) is 24.3 Å². The van der Waals surface area contributed by atoms with Crippen molar-refractivity contribution in [2.24, 2.45) is 0 Å². The molecule has 1 aromatic carbocycles. The van der Waals surface area contributed by atoms with Crippen LogP contribution in [0, 0.1) is 0 Å². The monoisotopic (exact) mass is 300 g/mol. The lowest BCUT2D eigenvalue weighted by Gasteiger charge is -2.22. The van der Waals surface area contributed by atoms with E-state index in [1.54, 1.807) is 13.2 Å². The zero-order valence-electron chi connectivity index (χ0n) is 12.1. The molecule has 0 bridgehead atoms. The Hall–Kier alpha value is -2.83. The van der Waals surface area contributed by atoms with Gasteiger partial charge in [0.05, 0.1) is 7.11 Å². The molecule has 0 spiro atoms. The van der Waals surface area contributed by atoms with Crippen molar-refractivity contribution in [1.29, 1.82) is 0 Å². The smallest absolute Gasteiger partial charge is 0.219 e. The number of hydrogen-bond donors (Lipinski definition) is 2. The van der Waals surface area contributed by atoms with Gasteiger partial charge in [0.1, 0.15) is 5.75 Å². The predicted molar refractivity (Wildman–Crippen MR) is 80.4 cm³/mol. The SMILES string of the molecule is COc1ccc(C2CC(=O)C=C(Nc3nonc3N)C2)cc1. The second kappa shape index (κ2) is 5.88. The molecule has 7 heteroatoms. The number of nitrogen functional groups attached to an aromatic ring is 1. The summed E-state index contributed by atoms with van der Waals surface area (Å²) >= 11 is 0. The van der Waals surface area contributed by atoms with Gasteiger partial charge in [-0.2, -0.15) is 0 Å². The van der Waals surface area contributed by atoms with Gasteiger partial charge < -0.3 is 15.8 Å². The molecule has 22 heavy (non-hydrogen) atoms. The van der Waals surface area contributed by atoms with E-state index in [9.17, 15) is 4.79 Å². The zero-order chi connectivity index (χ0) is 15.5. The number of carbonyl (C=O) groups is 1. The van der Waals surface area contributed by atoms with E-state index in [4.69, 9.17) is 10.5 Å². The maximum atomic E-state index is 12.0. The normalized spacial score (nSPS) is 18.0. The summed E-state index contributed by atoms with van der Waals surface area (Å²) in [7, 11) is 1.63. The van der Waals surface area contributed by atoms with Crippen molar-refractivity contribution >= 4 is 17.4 Å². The number of hydrogen-bond acceptors (Lipinski definition) is 7. The van der Waals surface area contributed by atoms with E-state index in [1.807, 2.05) is 24.3 Å². The number of anilines is 2. The van der Waals surface area contributed by atoms with Crippen molar-refractivity contribution < 1.29 is 14.2 Å². The van der Waals surface area contributed by atoms with E-state index in [0.717, 1.165) is 17.0 Å². The second-order valence-corrected chi connectivity index (χ2v) is 5.14. The summed E-state index contributed by atoms with van der Waals surface area (Å²) in [5.41, 5.74) is 7.45. The Balaban J connectivity index is 1.77. The number of allylic oxidation sites excluding steroid dienone is 2. The third-order valence-corrected chi connectivity index (χ3v) is 3.63. The molecule has 114 valence electrons. The minimum Gasteiger partial charge on any atom is -0.497 e. The zero-order valence-corrected chi connectivity index (χ0v) is 12.1. The number of nitrogens with zero attached hydrogens (tertiary/aromatic N) is 2. The predicted octanol–water partition coefficient (Wildman–Crippen LogP) is 2.10. The number of rotatable bonds is 4. The highest BCUT2D eigenvalue weighted by Gasteiger charge is 2.23. The number of ether oxygens (including phenoxy) is 1. The first-order valence-corrected chi connectivity index (χ1v) is 6.88. The van der Waals surface area contributed by atoms with Crippen molar-refractivity contribution in [2.45, 2.75) is 18.8 Å². The number of nitrogens with two attached hydrogens (primary N) is 1. The summed E-state index contributed by atoms with van der Waals surface area (Å²) in [6.07, 6.45) is 2.74. The largest absolute Gasteiger partial charge is 0.497 e. The molecule has 1 aromatic heterocycles. The minimum atomic E-state index is 0.0598. The molecule has 3 N–H and O–H groups in total. The molecule has 3 rings (SSSR count). The molecule has 1 aliphatic rings. The van der Waals surface area contributed by atoms with Gasteiger partial charge >= 0.3 is 0 Å². The van der Waals surface area contributed by atoms with E-state index >= 15 is 0 Å². The first-order valence-electron chi connectivity index (χ1n) is 6.88. The van der Waals surface area contributed by atoms with Gasteiger partial charge in [-0.3, -0.25) is 4.79 Å². The number of benzene rings is 1. The standard InChI is InChI=1S/C15H16N4O3/c1-21-13-4-2-9(3-5-13)10-6-11(8-12(20)7-10)17-15-14(16)18-22-19-15/h2-5,8,10H,6-7H2,1H3,(H2,16,18)(H,17,19). The molecule has 0 fully saturated rings. The van der Waals surface area contributed by atoms with Gasteiger partial charge in [-0.25, -0.2) is 4.63 Å². The second-order valence-electron chi connectivity index (χ2n) is 5.14. The van der Waals surface area contributed by atoms with Crippen LogP contribution < -0.4 is 15.8 Å². The maximum absolute atomic E-state index is 12.0. The van der Waals surface area contributed by atoms with Crippen molar-refractivity contribution in [2.75, 3.05) is 18.2 Å². The Bertz CT molecular complexity index is 706. The number of nitrogens with one attached hydrogen (secondary N) is 1. The molecule has 1 aliphatic carbocycles. The number of carbonyl (C=O) groups excluding carboxylic acids is 1. The highest BCUT2D eigenvalue weighted by molar-refractivity contribution is 5.92. The van der Waals surface area contributed by atoms with E-state index in [2.05, 4.69) is 20.3 Å². The molecule has 1 unspecified atom stereocenters. The van der Waals surface area contributed by atoms with Gasteiger partial charge in [0.25, 0.3) is 0 Å². The molecule has 0 saturated carbocycles. The van der Waals surface area contributed by atoms with Crippen LogP contribution in [0.15, 0.2) is 40.7 Å². The average Bonchev–Trinajstić information content (AvgIpc) is 2.92. The topological polar surface area (TPSA) is 103 Å². The average molecular weight is 300 g/mol. The van der Waals surface area contributed by atoms with E-state index < -0.39 is 0 Å². The fourth-order valence-corrected chi connectivity index (χ4v) is 2.53. The molecule has 0 aliphatic heterocycles. The quantitative estimate of drug-likeness (QED) is 0.891. The summed E-state index contributed by atoms with van der Waals surface area (Å²) in [5, 5.41) is 10.2. The Kier molecular flexibility index (Phi) is 3.78. The van der Waals surface area contributed by atoms with Gasteiger partial charge in [0.15, 0.2) is 5.78 Å². The Morgan fingerprint density at radius 3 is 2.68 bits per heavy atom. The molecular formula is C15H16N4O3. The highest BCUT2D eigenvalue weighted by atomic mass is 16.6. The molecular weight excluding hydrogens is 284 g/mol. The number of aromatic nitrogens is 2. The van der Waals surface area contributed by atoms with Crippen molar-refractivity contribution in [1.82, 2.24) is 10.3 Å². The Morgan fingerprint density at radius 2 is 2.05 bits per heavy atom. The van der Waals surface area contributed by atoms with Crippen LogP contribution in [-0.2, 0) is 4.79 Å². The third kappa shape index (κ3) is 2.93. The summed E-state index contributed by atoms with van der Waals surface area (Å²) in [6.45, 7) is 0. The van der Waals surface area contributed by atoms with E-state index in [0.29, 0.717) is 18.7 Å². The summed E-state index contributed by atoms with van der Waals surface area (Å²) < 4.78 is 9.69. The van der Waals surface area contributed by atoms with E-state index in [-0.39, 0.29) is 17.5 Å². The summed E-state index contributed by atoms with van der Waals surface area (Å²) in [5.74, 6) is 1.45. The molecule has 1 atom stereocenters. The first-order chi connectivity index (χ1) is 10.7. The summed E-state index contributed by atoms with van der Waals surface area (Å²) in [6, 6.07) is 7.74. The van der Waals surface area contributed by atoms with Gasteiger partial charge in [0, 0.05) is 18.2 Å². The molecule has 0 amide bonds. The minimum absolute atomic E-state index is 0.0598. The Morgan fingerprint density at radius 1 is 1.27 bits per heavy atom. The maximum Gasteiger partial charge on any atom is 0.219 e. The number of methoxy groups -OCH3 is 1. The first kappa shape index (κ1) is 14.1. The lowest BCUT2D eigenvalue weighted by molar-refractivity contribution is -0.115. The fourth-order valence-electron chi connectivity index (χ4n) is 2.53. The van der Waals surface area contributed by atoms with Crippen molar-refractivity contribution in [3.63, 3.8) is 0 Å². The lowest BCUT2D eigenvalue weighted by atomic mass is 9.85. The van der Waals surface area contributed by atoms with E-state index in [1.165, 1.54) is 0 Å². The van der Waals surface area contributed by atoms with Gasteiger partial charge in [-0.15, -0.1) is 0 Å². The van der Waals surface area contributed by atoms with Crippen LogP contribution in [0.3, 0.4) is 0 Å². The highest BCUT2D eigenvalue weighted by Crippen LogP contribution is 2.33. The molecule has 1 heterocycles. The lowest BCUT2D eigenvalue weighted by Crippen LogP contribution is -2.17. The van der Waals surface area contributed by atoms with Gasteiger partial charge in [-0.05, 0) is 40.3 Å². The molecule has 0 radical (unpaired) electrons. The Labute approximate surface area is 127 Å². The van der Waals surface area contributed by atoms with Crippen LogP contribution in [0.25, 0.3) is 0 Å². The number of ketones is 1. The fraction of sp³-hybridized carbons (Fsp3) is 0.267. The van der Waals surface area contributed by atoms with Crippen molar-refractivity contribution in [3.05, 3.63) is 41.6 Å². The van der Waals surface area contributed by atoms with Crippen LogP contribution in [0.4, 0.5) is 11.6 Å².